The van der Waals surface area contributed by atoms with Crippen molar-refractivity contribution in [2.75, 3.05) is 24.2 Å². The first-order valence-corrected chi connectivity index (χ1v) is 11.6. The van der Waals surface area contributed by atoms with Crippen molar-refractivity contribution in [1.82, 2.24) is 10.2 Å². The number of halogens is 1. The van der Waals surface area contributed by atoms with Crippen LogP contribution in [0.1, 0.15) is 18.1 Å². The van der Waals surface area contributed by atoms with Gasteiger partial charge in [-0.3, -0.25) is 13.9 Å². The number of nitrogens with one attached hydrogen (secondary N) is 1. The summed E-state index contributed by atoms with van der Waals surface area (Å²) >= 11 is 6.06. The predicted molar refractivity (Wildman–Crippen MR) is 119 cm³/mol. The van der Waals surface area contributed by atoms with Gasteiger partial charge in [0, 0.05) is 18.6 Å². The summed E-state index contributed by atoms with van der Waals surface area (Å²) in [5, 5.41) is 2.89. The number of sulfonamides is 1. The Morgan fingerprint density at radius 2 is 1.77 bits per heavy atom. The number of anilines is 1. The molecule has 2 rings (SSSR count). The third-order valence-electron chi connectivity index (χ3n) is 4.73. The van der Waals surface area contributed by atoms with E-state index in [1.54, 1.807) is 26.0 Å². The summed E-state index contributed by atoms with van der Waals surface area (Å²) in [6.45, 7) is 3.06. The van der Waals surface area contributed by atoms with Crippen LogP contribution in [-0.2, 0) is 26.2 Å². The fraction of sp³-hybridized carbons (Fsp3) is 0.333. The van der Waals surface area contributed by atoms with Crippen molar-refractivity contribution < 1.29 is 18.0 Å². The molecule has 0 saturated heterocycles. The van der Waals surface area contributed by atoms with Crippen LogP contribution < -0.4 is 9.62 Å². The van der Waals surface area contributed by atoms with Crippen LogP contribution in [0.4, 0.5) is 5.69 Å². The topological polar surface area (TPSA) is 86.8 Å². The van der Waals surface area contributed by atoms with Crippen molar-refractivity contribution in [2.24, 2.45) is 0 Å². The summed E-state index contributed by atoms with van der Waals surface area (Å²) in [5.74, 6) is -0.844. The Balaban J connectivity index is 2.41. The van der Waals surface area contributed by atoms with E-state index in [4.69, 9.17) is 11.6 Å². The monoisotopic (exact) mass is 451 g/mol. The van der Waals surface area contributed by atoms with Crippen LogP contribution in [0.2, 0.25) is 5.02 Å². The number of amides is 2. The van der Waals surface area contributed by atoms with E-state index in [1.165, 1.54) is 18.0 Å². The van der Waals surface area contributed by atoms with Crippen LogP contribution in [0.25, 0.3) is 0 Å². The molecule has 0 aliphatic heterocycles. The molecule has 0 heterocycles. The standard InChI is InChI=1S/C21H26ClN3O4S/c1-15-10-11-18(22)12-19(15)25(30(4,28)29)14-20(26)24(16(2)21(27)23-3)13-17-8-6-5-7-9-17/h5-12,16H,13-14H2,1-4H3,(H,23,27)/t16-/m1/s1. The summed E-state index contributed by atoms with van der Waals surface area (Å²) in [5.41, 5.74) is 1.81. The van der Waals surface area contributed by atoms with Crippen molar-refractivity contribution in [3.63, 3.8) is 0 Å². The lowest BCUT2D eigenvalue weighted by atomic mass is 10.1. The third kappa shape index (κ3) is 5.96. The lowest BCUT2D eigenvalue weighted by Gasteiger charge is -2.31. The number of hydrogen-bond acceptors (Lipinski definition) is 4. The Morgan fingerprint density at radius 3 is 2.33 bits per heavy atom. The van der Waals surface area contributed by atoms with E-state index in [0.717, 1.165) is 16.1 Å². The SMILES string of the molecule is CNC(=O)[C@@H](C)N(Cc1ccccc1)C(=O)CN(c1cc(Cl)ccc1C)S(C)(=O)=O. The third-order valence-corrected chi connectivity index (χ3v) is 6.09. The van der Waals surface area contributed by atoms with Gasteiger partial charge in [0.1, 0.15) is 12.6 Å². The van der Waals surface area contributed by atoms with Crippen molar-refractivity contribution in [3.05, 3.63) is 64.7 Å². The Hall–Kier alpha value is -2.58. The quantitative estimate of drug-likeness (QED) is 0.668. The van der Waals surface area contributed by atoms with Gasteiger partial charge in [0.2, 0.25) is 21.8 Å². The molecule has 0 spiro atoms. The zero-order valence-corrected chi connectivity index (χ0v) is 19.0. The number of rotatable bonds is 8. The molecule has 9 heteroatoms. The number of nitrogens with zero attached hydrogens (tertiary/aromatic N) is 2. The Morgan fingerprint density at radius 1 is 1.13 bits per heavy atom. The molecule has 0 aliphatic rings. The second-order valence-corrected chi connectivity index (χ2v) is 9.34. The van der Waals surface area contributed by atoms with Gasteiger partial charge in [-0.2, -0.15) is 0 Å². The summed E-state index contributed by atoms with van der Waals surface area (Å²) in [7, 11) is -2.30. The molecule has 2 amide bonds. The highest BCUT2D eigenvalue weighted by Crippen LogP contribution is 2.26. The van der Waals surface area contributed by atoms with Gasteiger partial charge >= 0.3 is 0 Å². The first-order valence-electron chi connectivity index (χ1n) is 9.33. The fourth-order valence-corrected chi connectivity index (χ4v) is 4.08. The maximum Gasteiger partial charge on any atom is 0.244 e. The van der Waals surface area contributed by atoms with Gasteiger partial charge in [0.25, 0.3) is 0 Å². The molecular weight excluding hydrogens is 426 g/mol. The second kappa shape index (κ2) is 9.95. The zero-order chi connectivity index (χ0) is 22.5. The Labute approximate surface area is 182 Å². The minimum absolute atomic E-state index is 0.167. The minimum Gasteiger partial charge on any atom is -0.357 e. The van der Waals surface area contributed by atoms with Gasteiger partial charge in [0.15, 0.2) is 0 Å². The van der Waals surface area contributed by atoms with E-state index in [1.807, 2.05) is 30.3 Å². The maximum atomic E-state index is 13.2. The molecule has 0 aromatic heterocycles. The Bertz CT molecular complexity index is 1010. The number of carbonyl (C=O) groups excluding carboxylic acids is 2. The first-order chi connectivity index (χ1) is 14.0. The molecule has 2 aromatic carbocycles. The molecule has 1 N–H and O–H groups in total. The second-order valence-electron chi connectivity index (χ2n) is 7.00. The summed E-state index contributed by atoms with van der Waals surface area (Å²) in [4.78, 5) is 26.9. The van der Waals surface area contributed by atoms with E-state index in [9.17, 15) is 18.0 Å². The summed E-state index contributed by atoms with van der Waals surface area (Å²) in [6, 6.07) is 13.3. The molecule has 7 nitrogen and oxygen atoms in total. The largest absolute Gasteiger partial charge is 0.357 e. The number of carbonyl (C=O) groups is 2. The van der Waals surface area contributed by atoms with Crippen molar-refractivity contribution >= 4 is 39.1 Å². The highest BCUT2D eigenvalue weighted by Gasteiger charge is 2.30. The number of likely N-dealkylation sites (N-methyl/N-ethyl adjacent to an activating group) is 1. The van der Waals surface area contributed by atoms with Gasteiger partial charge in [-0.25, -0.2) is 8.42 Å². The van der Waals surface area contributed by atoms with Crippen LogP contribution >= 0.6 is 11.6 Å². The average molecular weight is 452 g/mol. The van der Waals surface area contributed by atoms with Gasteiger partial charge in [-0.15, -0.1) is 0 Å². The van der Waals surface area contributed by atoms with E-state index < -0.39 is 28.5 Å². The molecular formula is C21H26ClN3O4S. The predicted octanol–water partition coefficient (Wildman–Crippen LogP) is 2.58. The van der Waals surface area contributed by atoms with Gasteiger partial charge in [-0.05, 0) is 37.1 Å². The number of hydrogen-bond donors (Lipinski definition) is 1. The molecule has 30 heavy (non-hydrogen) atoms. The normalized spacial score (nSPS) is 12.2. The number of benzene rings is 2. The lowest BCUT2D eigenvalue weighted by molar-refractivity contribution is -0.139. The molecule has 0 aliphatic carbocycles. The molecule has 0 unspecified atom stereocenters. The lowest BCUT2D eigenvalue weighted by Crippen LogP contribution is -2.50. The van der Waals surface area contributed by atoms with E-state index >= 15 is 0 Å². The van der Waals surface area contributed by atoms with Crippen LogP contribution in [0.3, 0.4) is 0 Å². The van der Waals surface area contributed by atoms with Crippen molar-refractivity contribution in [3.8, 4) is 0 Å². The van der Waals surface area contributed by atoms with Gasteiger partial charge in [0.05, 0.1) is 11.9 Å². The van der Waals surface area contributed by atoms with E-state index in [-0.39, 0.29) is 12.5 Å². The number of aryl methyl sites for hydroxylation is 1. The van der Waals surface area contributed by atoms with Gasteiger partial charge < -0.3 is 10.2 Å². The van der Waals surface area contributed by atoms with E-state index in [0.29, 0.717) is 16.3 Å². The van der Waals surface area contributed by atoms with E-state index in [2.05, 4.69) is 5.32 Å². The molecule has 0 radical (unpaired) electrons. The zero-order valence-electron chi connectivity index (χ0n) is 17.4. The molecule has 162 valence electrons. The molecule has 1 atom stereocenters. The van der Waals surface area contributed by atoms with Crippen LogP contribution in [0.15, 0.2) is 48.5 Å². The van der Waals surface area contributed by atoms with Gasteiger partial charge in [-0.1, -0.05) is 48.0 Å². The van der Waals surface area contributed by atoms with Crippen LogP contribution in [0, 0.1) is 6.92 Å². The van der Waals surface area contributed by atoms with Crippen LogP contribution in [-0.4, -0.2) is 51.0 Å². The highest BCUT2D eigenvalue weighted by atomic mass is 35.5. The summed E-state index contributed by atoms with van der Waals surface area (Å²) < 4.78 is 26.0. The van der Waals surface area contributed by atoms with Crippen molar-refractivity contribution in [1.29, 1.82) is 0 Å². The first kappa shape index (κ1) is 23.7. The molecule has 0 fully saturated rings. The summed E-state index contributed by atoms with van der Waals surface area (Å²) in [6.07, 6.45) is 1.03. The molecule has 0 bridgehead atoms. The maximum absolute atomic E-state index is 13.2. The molecule has 0 saturated carbocycles. The van der Waals surface area contributed by atoms with Crippen LogP contribution in [0.5, 0.6) is 0 Å². The Kier molecular flexibility index (Phi) is 7.86. The minimum atomic E-state index is -3.78. The smallest absolute Gasteiger partial charge is 0.244 e. The highest BCUT2D eigenvalue weighted by molar-refractivity contribution is 7.92. The fourth-order valence-electron chi connectivity index (χ4n) is 3.02. The average Bonchev–Trinajstić information content (AvgIpc) is 2.70. The molecule has 2 aromatic rings. The van der Waals surface area contributed by atoms with Crippen molar-refractivity contribution in [2.45, 2.75) is 26.4 Å².